The molecular formula is C22H26BrNO6S. The van der Waals surface area contributed by atoms with Gasteiger partial charge < -0.3 is 19.3 Å². The Balaban J connectivity index is 2.23. The SMILES string of the molecule is COc1ccc([C@H](OC(=O)Nc2ccc(Br)cc2)C(C)(C)CCOC(=O)CS)cc1O. The summed E-state index contributed by atoms with van der Waals surface area (Å²) in [5, 5.41) is 12.9. The largest absolute Gasteiger partial charge is 0.504 e. The zero-order valence-corrected chi connectivity index (χ0v) is 20.0. The van der Waals surface area contributed by atoms with Crippen molar-refractivity contribution in [2.75, 3.05) is 24.8 Å². The van der Waals surface area contributed by atoms with Gasteiger partial charge >= 0.3 is 12.1 Å². The molecule has 2 aromatic rings. The summed E-state index contributed by atoms with van der Waals surface area (Å²) in [4.78, 5) is 24.0. The third kappa shape index (κ3) is 7.36. The molecule has 1 amide bonds. The number of halogens is 1. The van der Waals surface area contributed by atoms with E-state index in [0.29, 0.717) is 23.4 Å². The molecule has 168 valence electrons. The summed E-state index contributed by atoms with van der Waals surface area (Å²) in [6.07, 6.45) is -0.979. The van der Waals surface area contributed by atoms with Gasteiger partial charge in [-0.25, -0.2) is 4.79 Å². The number of thiol groups is 1. The van der Waals surface area contributed by atoms with Crippen molar-refractivity contribution in [3.05, 3.63) is 52.5 Å². The van der Waals surface area contributed by atoms with Crippen LogP contribution in [-0.2, 0) is 14.3 Å². The quantitative estimate of drug-likeness (QED) is 0.310. The summed E-state index contributed by atoms with van der Waals surface area (Å²) < 4.78 is 16.9. The summed E-state index contributed by atoms with van der Waals surface area (Å²) in [6, 6.07) is 11.9. The van der Waals surface area contributed by atoms with E-state index in [2.05, 4.69) is 33.9 Å². The minimum Gasteiger partial charge on any atom is -0.504 e. The molecule has 0 spiro atoms. The van der Waals surface area contributed by atoms with E-state index < -0.39 is 23.6 Å². The fourth-order valence-corrected chi connectivity index (χ4v) is 3.30. The van der Waals surface area contributed by atoms with Crippen LogP contribution in [-0.4, -0.2) is 36.6 Å². The first-order chi connectivity index (χ1) is 14.7. The monoisotopic (exact) mass is 511 g/mol. The lowest BCUT2D eigenvalue weighted by molar-refractivity contribution is -0.141. The van der Waals surface area contributed by atoms with Crippen molar-refractivity contribution in [2.24, 2.45) is 5.41 Å². The second-order valence-electron chi connectivity index (χ2n) is 7.47. The standard InChI is InChI=1S/C22H26BrNO6S/c1-22(2,10-11-29-19(26)13-31)20(14-4-9-18(28-3)17(25)12-14)30-21(27)24-16-7-5-15(23)6-8-16/h4-9,12,20,25,31H,10-11,13H2,1-3H3,(H,24,27)/t20-/m0/s1. The maximum Gasteiger partial charge on any atom is 0.412 e. The summed E-state index contributed by atoms with van der Waals surface area (Å²) in [7, 11) is 1.45. The smallest absolute Gasteiger partial charge is 0.412 e. The highest BCUT2D eigenvalue weighted by Crippen LogP contribution is 2.42. The number of carbonyl (C=O) groups excluding carboxylic acids is 2. The number of hydrogen-bond acceptors (Lipinski definition) is 7. The average molecular weight is 512 g/mol. The fourth-order valence-electron chi connectivity index (χ4n) is 2.94. The molecule has 0 aromatic heterocycles. The molecule has 0 unspecified atom stereocenters. The minimum atomic E-state index is -0.741. The number of hydrogen-bond donors (Lipinski definition) is 3. The van der Waals surface area contributed by atoms with Crippen LogP contribution in [0.4, 0.5) is 10.5 Å². The number of esters is 1. The molecular weight excluding hydrogens is 486 g/mol. The van der Waals surface area contributed by atoms with Crippen molar-refractivity contribution < 1.29 is 28.9 Å². The molecule has 0 saturated heterocycles. The minimum absolute atomic E-state index is 0.0116. The Bertz CT molecular complexity index is 903. The lowest BCUT2D eigenvalue weighted by Gasteiger charge is -2.34. The highest BCUT2D eigenvalue weighted by atomic mass is 79.9. The van der Waals surface area contributed by atoms with Gasteiger partial charge in [0.2, 0.25) is 0 Å². The van der Waals surface area contributed by atoms with Gasteiger partial charge in [-0.1, -0.05) is 35.8 Å². The predicted molar refractivity (Wildman–Crippen MR) is 125 cm³/mol. The fraction of sp³-hybridized carbons (Fsp3) is 0.364. The topological polar surface area (TPSA) is 94.1 Å². The number of benzene rings is 2. The van der Waals surface area contributed by atoms with E-state index in [1.807, 2.05) is 13.8 Å². The van der Waals surface area contributed by atoms with E-state index >= 15 is 0 Å². The molecule has 0 heterocycles. The summed E-state index contributed by atoms with van der Waals surface area (Å²) in [5.74, 6) is -0.198. The molecule has 0 fully saturated rings. The lowest BCUT2D eigenvalue weighted by atomic mass is 9.79. The summed E-state index contributed by atoms with van der Waals surface area (Å²) in [5.41, 5.74) is 0.523. The lowest BCUT2D eigenvalue weighted by Crippen LogP contribution is -2.30. The molecule has 2 rings (SSSR count). The van der Waals surface area contributed by atoms with Gasteiger partial charge in [0.05, 0.1) is 19.5 Å². The van der Waals surface area contributed by atoms with E-state index in [1.54, 1.807) is 36.4 Å². The van der Waals surface area contributed by atoms with Crippen LogP contribution in [0.3, 0.4) is 0 Å². The van der Waals surface area contributed by atoms with Crippen molar-refractivity contribution in [1.29, 1.82) is 0 Å². The number of ether oxygens (including phenoxy) is 3. The number of methoxy groups -OCH3 is 1. The van der Waals surface area contributed by atoms with Gasteiger partial charge in [0.15, 0.2) is 11.5 Å². The number of aromatic hydroxyl groups is 1. The first kappa shape index (κ1) is 24.9. The Morgan fingerprint density at radius 2 is 1.87 bits per heavy atom. The predicted octanol–water partition coefficient (Wildman–Crippen LogP) is 5.34. The third-order valence-electron chi connectivity index (χ3n) is 4.67. The molecule has 2 aromatic carbocycles. The van der Waals surface area contributed by atoms with Gasteiger partial charge in [-0.3, -0.25) is 10.1 Å². The van der Waals surface area contributed by atoms with Gasteiger partial charge in [0.1, 0.15) is 6.10 Å². The number of anilines is 1. The molecule has 9 heteroatoms. The maximum atomic E-state index is 12.6. The van der Waals surface area contributed by atoms with Crippen molar-refractivity contribution in [1.82, 2.24) is 0 Å². The van der Waals surface area contributed by atoms with Gasteiger partial charge in [0, 0.05) is 15.6 Å². The normalized spacial score (nSPS) is 12.0. The van der Waals surface area contributed by atoms with Crippen LogP contribution in [0.1, 0.15) is 31.9 Å². The van der Waals surface area contributed by atoms with Crippen LogP contribution in [0.2, 0.25) is 0 Å². The Morgan fingerprint density at radius 3 is 2.45 bits per heavy atom. The van der Waals surface area contributed by atoms with Crippen LogP contribution in [0.5, 0.6) is 11.5 Å². The van der Waals surface area contributed by atoms with Crippen molar-refractivity contribution in [2.45, 2.75) is 26.4 Å². The second-order valence-corrected chi connectivity index (χ2v) is 8.70. The number of phenols is 1. The van der Waals surface area contributed by atoms with E-state index in [0.717, 1.165) is 4.47 Å². The van der Waals surface area contributed by atoms with Gasteiger partial charge in [-0.2, -0.15) is 12.6 Å². The molecule has 0 aliphatic rings. The Labute approximate surface area is 195 Å². The van der Waals surface area contributed by atoms with E-state index in [1.165, 1.54) is 13.2 Å². The number of phenolic OH excluding ortho intramolecular Hbond substituents is 1. The van der Waals surface area contributed by atoms with E-state index in [4.69, 9.17) is 14.2 Å². The van der Waals surface area contributed by atoms with Crippen molar-refractivity contribution in [3.63, 3.8) is 0 Å². The molecule has 1 atom stereocenters. The highest BCUT2D eigenvalue weighted by Gasteiger charge is 2.35. The first-order valence-corrected chi connectivity index (χ1v) is 11.0. The van der Waals surface area contributed by atoms with Crippen LogP contribution in [0.25, 0.3) is 0 Å². The van der Waals surface area contributed by atoms with Crippen LogP contribution >= 0.6 is 28.6 Å². The van der Waals surface area contributed by atoms with E-state index in [-0.39, 0.29) is 18.1 Å². The molecule has 31 heavy (non-hydrogen) atoms. The second kappa shape index (κ2) is 11.3. The van der Waals surface area contributed by atoms with Crippen LogP contribution < -0.4 is 10.1 Å². The summed E-state index contributed by atoms with van der Waals surface area (Å²) >= 11 is 7.24. The summed E-state index contributed by atoms with van der Waals surface area (Å²) in [6.45, 7) is 3.92. The zero-order chi connectivity index (χ0) is 23.0. The number of amides is 1. The molecule has 0 bridgehead atoms. The van der Waals surface area contributed by atoms with Gasteiger partial charge in [0.25, 0.3) is 0 Å². The van der Waals surface area contributed by atoms with Crippen LogP contribution in [0.15, 0.2) is 46.9 Å². The third-order valence-corrected chi connectivity index (χ3v) is 5.46. The van der Waals surface area contributed by atoms with Gasteiger partial charge in [-0.05, 0) is 48.4 Å². The molecule has 0 aliphatic heterocycles. The molecule has 7 nitrogen and oxygen atoms in total. The Kier molecular flexibility index (Phi) is 9.06. The number of nitrogens with one attached hydrogen (secondary N) is 1. The van der Waals surface area contributed by atoms with Crippen molar-refractivity contribution in [3.8, 4) is 11.5 Å². The average Bonchev–Trinajstić information content (AvgIpc) is 2.73. The Morgan fingerprint density at radius 1 is 1.19 bits per heavy atom. The number of rotatable bonds is 9. The molecule has 2 N–H and O–H groups in total. The van der Waals surface area contributed by atoms with Crippen LogP contribution in [0, 0.1) is 5.41 Å². The molecule has 0 radical (unpaired) electrons. The van der Waals surface area contributed by atoms with Gasteiger partial charge in [-0.15, -0.1) is 0 Å². The van der Waals surface area contributed by atoms with Crippen molar-refractivity contribution >= 4 is 46.3 Å². The Hall–Kier alpha value is -2.39. The molecule has 0 saturated carbocycles. The first-order valence-electron chi connectivity index (χ1n) is 9.53. The van der Waals surface area contributed by atoms with E-state index in [9.17, 15) is 14.7 Å². The number of carbonyl (C=O) groups is 2. The highest BCUT2D eigenvalue weighted by molar-refractivity contribution is 9.10. The zero-order valence-electron chi connectivity index (χ0n) is 17.6. The molecule has 0 aliphatic carbocycles. The maximum absolute atomic E-state index is 12.6.